The Hall–Kier alpha value is -3.90. The van der Waals surface area contributed by atoms with Crippen LogP contribution in [0.3, 0.4) is 0 Å². The first-order chi connectivity index (χ1) is 14.7. The SMILES string of the molecule is OCCc1ccc(N=Nc2ccc(N=Nc3c(O)ccc4ccccc34)cc2)cc1. The summed E-state index contributed by atoms with van der Waals surface area (Å²) in [5.41, 5.74) is 3.59. The van der Waals surface area contributed by atoms with E-state index < -0.39 is 0 Å². The highest BCUT2D eigenvalue weighted by Crippen LogP contribution is 2.36. The van der Waals surface area contributed by atoms with Gasteiger partial charge in [-0.3, -0.25) is 0 Å². The van der Waals surface area contributed by atoms with E-state index in [9.17, 15) is 5.11 Å². The minimum atomic E-state index is 0.0906. The maximum Gasteiger partial charge on any atom is 0.143 e. The van der Waals surface area contributed by atoms with Crippen molar-refractivity contribution in [1.29, 1.82) is 0 Å². The summed E-state index contributed by atoms with van der Waals surface area (Å²) < 4.78 is 0. The highest BCUT2D eigenvalue weighted by molar-refractivity contribution is 5.95. The molecule has 0 heterocycles. The predicted molar refractivity (Wildman–Crippen MR) is 118 cm³/mol. The number of rotatable bonds is 6. The second-order valence-electron chi connectivity index (χ2n) is 6.71. The van der Waals surface area contributed by atoms with E-state index in [0.717, 1.165) is 22.0 Å². The number of fused-ring (bicyclic) bond motifs is 1. The molecule has 148 valence electrons. The number of phenolic OH excluding ortho intramolecular Hbond substituents is 1. The van der Waals surface area contributed by atoms with Gasteiger partial charge in [0.25, 0.3) is 0 Å². The highest BCUT2D eigenvalue weighted by atomic mass is 16.3. The van der Waals surface area contributed by atoms with E-state index in [-0.39, 0.29) is 12.4 Å². The number of azo groups is 2. The summed E-state index contributed by atoms with van der Waals surface area (Å²) >= 11 is 0. The minimum absolute atomic E-state index is 0.0906. The van der Waals surface area contributed by atoms with Gasteiger partial charge in [-0.25, -0.2) is 0 Å². The lowest BCUT2D eigenvalue weighted by Crippen LogP contribution is -1.88. The van der Waals surface area contributed by atoms with Crippen LogP contribution in [-0.4, -0.2) is 16.8 Å². The van der Waals surface area contributed by atoms with Crippen molar-refractivity contribution in [1.82, 2.24) is 0 Å². The first-order valence-corrected chi connectivity index (χ1v) is 9.57. The summed E-state index contributed by atoms with van der Waals surface area (Å²) in [5.74, 6) is 0.0906. The van der Waals surface area contributed by atoms with Crippen LogP contribution < -0.4 is 0 Å². The molecule has 0 fully saturated rings. The molecule has 4 rings (SSSR count). The lowest BCUT2D eigenvalue weighted by atomic mass is 10.1. The van der Waals surface area contributed by atoms with Gasteiger partial charge in [-0.1, -0.05) is 42.5 Å². The lowest BCUT2D eigenvalue weighted by molar-refractivity contribution is 0.299. The van der Waals surface area contributed by atoms with E-state index in [0.29, 0.717) is 23.5 Å². The zero-order chi connectivity index (χ0) is 20.8. The molecular formula is C24H20N4O2. The third kappa shape index (κ3) is 4.56. The Morgan fingerprint density at radius 3 is 1.80 bits per heavy atom. The van der Waals surface area contributed by atoms with Crippen LogP contribution in [0.2, 0.25) is 0 Å². The molecule has 0 aliphatic carbocycles. The van der Waals surface area contributed by atoms with E-state index in [1.165, 1.54) is 0 Å². The summed E-state index contributed by atoms with van der Waals surface area (Å²) in [6.45, 7) is 0.130. The first kappa shape index (κ1) is 19.4. The fourth-order valence-electron chi connectivity index (χ4n) is 3.02. The molecule has 0 unspecified atom stereocenters. The molecule has 30 heavy (non-hydrogen) atoms. The molecule has 6 heteroatoms. The molecule has 4 aromatic rings. The van der Waals surface area contributed by atoms with Crippen LogP contribution in [0.5, 0.6) is 5.75 Å². The fourth-order valence-corrected chi connectivity index (χ4v) is 3.02. The third-order valence-corrected chi connectivity index (χ3v) is 4.61. The molecule has 2 N–H and O–H groups in total. The van der Waals surface area contributed by atoms with Crippen LogP contribution in [0.4, 0.5) is 22.7 Å². The van der Waals surface area contributed by atoms with Crippen molar-refractivity contribution in [3.63, 3.8) is 0 Å². The molecule has 0 aliphatic heterocycles. The molecule has 0 radical (unpaired) electrons. The molecule has 0 saturated carbocycles. The maximum absolute atomic E-state index is 10.2. The Bertz CT molecular complexity index is 1200. The summed E-state index contributed by atoms with van der Waals surface area (Å²) in [7, 11) is 0. The number of hydrogen-bond acceptors (Lipinski definition) is 6. The molecule has 6 nitrogen and oxygen atoms in total. The number of aliphatic hydroxyl groups is 1. The van der Waals surface area contributed by atoms with Gasteiger partial charge >= 0.3 is 0 Å². The van der Waals surface area contributed by atoms with Crippen molar-refractivity contribution >= 4 is 33.5 Å². The van der Waals surface area contributed by atoms with Crippen LogP contribution in [0, 0.1) is 0 Å². The molecular weight excluding hydrogens is 376 g/mol. The highest BCUT2D eigenvalue weighted by Gasteiger charge is 2.05. The van der Waals surface area contributed by atoms with Gasteiger partial charge in [0.1, 0.15) is 11.4 Å². The van der Waals surface area contributed by atoms with Crippen molar-refractivity contribution in [2.24, 2.45) is 20.5 Å². The number of phenols is 1. The van der Waals surface area contributed by atoms with Crippen molar-refractivity contribution in [3.8, 4) is 5.75 Å². The van der Waals surface area contributed by atoms with Crippen LogP contribution in [0.15, 0.2) is 105 Å². The maximum atomic E-state index is 10.2. The standard InChI is InChI=1S/C24H20N4O2/c29-16-15-17-5-8-19(9-6-17)25-26-20-10-12-21(13-11-20)27-28-24-22-4-2-1-3-18(22)7-14-23(24)30/h1-14,29-30H,15-16H2. The Kier molecular flexibility index (Phi) is 5.87. The van der Waals surface area contributed by atoms with Gasteiger partial charge in [-0.2, -0.15) is 15.3 Å². The summed E-state index contributed by atoms with van der Waals surface area (Å²) in [4.78, 5) is 0. The Balaban J connectivity index is 1.48. The predicted octanol–water partition coefficient (Wildman–Crippen LogP) is 6.91. The summed E-state index contributed by atoms with van der Waals surface area (Å²) in [6, 6.07) is 26.0. The molecule has 0 aromatic heterocycles. The van der Waals surface area contributed by atoms with Gasteiger partial charge in [0, 0.05) is 12.0 Å². The summed E-state index contributed by atoms with van der Waals surface area (Å²) in [5, 5.41) is 37.9. The number of hydrogen-bond donors (Lipinski definition) is 2. The normalized spacial score (nSPS) is 11.6. The molecule has 4 aromatic carbocycles. The molecule has 0 atom stereocenters. The quantitative estimate of drug-likeness (QED) is 0.347. The smallest absolute Gasteiger partial charge is 0.143 e. The fraction of sp³-hybridized carbons (Fsp3) is 0.0833. The van der Waals surface area contributed by atoms with E-state index in [1.54, 1.807) is 30.3 Å². The summed E-state index contributed by atoms with van der Waals surface area (Å²) in [6.07, 6.45) is 0.629. The number of aliphatic hydroxyl groups excluding tert-OH is 1. The van der Waals surface area contributed by atoms with E-state index in [1.807, 2.05) is 54.6 Å². The van der Waals surface area contributed by atoms with Gasteiger partial charge < -0.3 is 10.2 Å². The number of aromatic hydroxyl groups is 1. The monoisotopic (exact) mass is 396 g/mol. The number of nitrogens with zero attached hydrogens (tertiary/aromatic N) is 4. The van der Waals surface area contributed by atoms with E-state index in [4.69, 9.17) is 5.11 Å². The minimum Gasteiger partial charge on any atom is -0.506 e. The van der Waals surface area contributed by atoms with Crippen LogP contribution in [0.1, 0.15) is 5.56 Å². The third-order valence-electron chi connectivity index (χ3n) is 4.61. The molecule has 0 saturated heterocycles. The molecule has 0 bridgehead atoms. The van der Waals surface area contributed by atoms with Gasteiger partial charge in [-0.15, -0.1) is 5.11 Å². The average Bonchev–Trinajstić information content (AvgIpc) is 2.79. The van der Waals surface area contributed by atoms with Crippen LogP contribution >= 0.6 is 0 Å². The van der Waals surface area contributed by atoms with Gasteiger partial charge in [0.2, 0.25) is 0 Å². The van der Waals surface area contributed by atoms with Gasteiger partial charge in [0.05, 0.1) is 17.1 Å². The Labute approximate surface area is 173 Å². The Morgan fingerprint density at radius 2 is 1.17 bits per heavy atom. The van der Waals surface area contributed by atoms with Crippen molar-refractivity contribution in [3.05, 3.63) is 90.5 Å². The Morgan fingerprint density at radius 1 is 0.600 bits per heavy atom. The second-order valence-corrected chi connectivity index (χ2v) is 6.71. The lowest BCUT2D eigenvalue weighted by Gasteiger charge is -2.03. The zero-order valence-corrected chi connectivity index (χ0v) is 16.2. The first-order valence-electron chi connectivity index (χ1n) is 9.57. The van der Waals surface area contributed by atoms with Crippen molar-refractivity contribution in [2.75, 3.05) is 6.61 Å². The molecule has 0 spiro atoms. The average molecular weight is 396 g/mol. The van der Waals surface area contributed by atoms with Crippen LogP contribution in [0.25, 0.3) is 10.8 Å². The number of benzene rings is 4. The van der Waals surface area contributed by atoms with Crippen LogP contribution in [-0.2, 0) is 6.42 Å². The van der Waals surface area contributed by atoms with E-state index >= 15 is 0 Å². The largest absolute Gasteiger partial charge is 0.506 e. The van der Waals surface area contributed by atoms with Gasteiger partial charge in [-0.05, 0) is 59.8 Å². The zero-order valence-electron chi connectivity index (χ0n) is 16.2. The van der Waals surface area contributed by atoms with Crippen molar-refractivity contribution in [2.45, 2.75) is 6.42 Å². The van der Waals surface area contributed by atoms with E-state index in [2.05, 4.69) is 20.5 Å². The molecule has 0 aliphatic rings. The van der Waals surface area contributed by atoms with Crippen molar-refractivity contribution < 1.29 is 10.2 Å². The molecule has 0 amide bonds. The van der Waals surface area contributed by atoms with Gasteiger partial charge in [0.15, 0.2) is 0 Å². The second kappa shape index (κ2) is 9.07. The topological polar surface area (TPSA) is 89.9 Å².